The summed E-state index contributed by atoms with van der Waals surface area (Å²) in [6, 6.07) is 4.79. The summed E-state index contributed by atoms with van der Waals surface area (Å²) in [5.74, 6) is -4.24. The van der Waals surface area contributed by atoms with Crippen LogP contribution in [-0.2, 0) is 6.54 Å². The van der Waals surface area contributed by atoms with Crippen LogP contribution in [0.2, 0.25) is 0 Å². The molecule has 0 spiro atoms. The van der Waals surface area contributed by atoms with Gasteiger partial charge in [-0.15, -0.1) is 5.10 Å². The molecule has 108 valence electrons. The van der Waals surface area contributed by atoms with Crippen molar-refractivity contribution in [1.82, 2.24) is 20.2 Å². The van der Waals surface area contributed by atoms with Crippen LogP contribution >= 0.6 is 0 Å². The van der Waals surface area contributed by atoms with Crippen molar-refractivity contribution < 1.29 is 17.6 Å². The molecule has 0 amide bonds. The molecule has 0 aliphatic heterocycles. The molecule has 2 aromatic rings. The lowest BCUT2D eigenvalue weighted by Crippen LogP contribution is -2.32. The second-order valence-corrected chi connectivity index (χ2v) is 4.30. The lowest BCUT2D eigenvalue weighted by molar-refractivity contribution is -0.139. The van der Waals surface area contributed by atoms with Crippen LogP contribution in [0.3, 0.4) is 0 Å². The van der Waals surface area contributed by atoms with Gasteiger partial charge in [0.15, 0.2) is 5.82 Å². The number of halogens is 4. The number of tetrazole rings is 1. The topological polar surface area (TPSA) is 69.6 Å². The maximum absolute atomic E-state index is 13.1. The molecule has 5 nitrogen and oxygen atoms in total. The number of aromatic nitrogens is 4. The van der Waals surface area contributed by atoms with E-state index in [0.29, 0.717) is 21.5 Å². The smallest absolute Gasteiger partial charge is 0.326 e. The maximum atomic E-state index is 13.1. The molecule has 0 unspecified atom stereocenters. The van der Waals surface area contributed by atoms with E-state index >= 15 is 0 Å². The molecule has 2 rings (SSSR count). The van der Waals surface area contributed by atoms with Crippen LogP contribution in [0.5, 0.6) is 0 Å². The van der Waals surface area contributed by atoms with Gasteiger partial charge in [0.05, 0.1) is 0 Å². The molecule has 0 saturated carbocycles. The number of nitrogens with two attached hydrogens (primary N) is 1. The van der Waals surface area contributed by atoms with E-state index in [2.05, 4.69) is 15.5 Å². The maximum Gasteiger partial charge on any atom is 0.326 e. The zero-order valence-electron chi connectivity index (χ0n) is 10.4. The van der Waals surface area contributed by atoms with Gasteiger partial charge in [-0.25, -0.2) is 13.5 Å². The van der Waals surface area contributed by atoms with E-state index in [1.165, 1.54) is 6.07 Å². The van der Waals surface area contributed by atoms with Crippen molar-refractivity contribution in [3.8, 4) is 11.4 Å². The third-order valence-corrected chi connectivity index (χ3v) is 2.71. The SMILES string of the molecule is Cc1ccc(N)cc1-c1nnnn1CC(F)(F)C(F)F. The Hall–Kier alpha value is -2.19. The number of benzene rings is 1. The largest absolute Gasteiger partial charge is 0.399 e. The highest BCUT2D eigenvalue weighted by molar-refractivity contribution is 5.65. The molecule has 0 aliphatic carbocycles. The molecule has 0 bridgehead atoms. The summed E-state index contributed by atoms with van der Waals surface area (Å²) in [6.07, 6.45) is -3.79. The van der Waals surface area contributed by atoms with Gasteiger partial charge in [-0.05, 0) is 35.0 Å². The van der Waals surface area contributed by atoms with Crippen LogP contribution in [0.15, 0.2) is 18.2 Å². The zero-order valence-corrected chi connectivity index (χ0v) is 10.4. The fraction of sp³-hybridized carbons (Fsp3) is 0.364. The summed E-state index contributed by atoms with van der Waals surface area (Å²) in [5.41, 5.74) is 7.11. The van der Waals surface area contributed by atoms with Crippen molar-refractivity contribution in [2.24, 2.45) is 0 Å². The van der Waals surface area contributed by atoms with Crippen LogP contribution in [-0.4, -0.2) is 32.6 Å². The van der Waals surface area contributed by atoms with Gasteiger partial charge in [-0.3, -0.25) is 0 Å². The minimum Gasteiger partial charge on any atom is -0.399 e. The normalized spacial score (nSPS) is 12.1. The van der Waals surface area contributed by atoms with E-state index in [0.717, 1.165) is 0 Å². The van der Waals surface area contributed by atoms with Crippen LogP contribution in [0.25, 0.3) is 11.4 Å². The van der Waals surface area contributed by atoms with Gasteiger partial charge in [0.2, 0.25) is 0 Å². The molecule has 0 radical (unpaired) electrons. The van der Waals surface area contributed by atoms with Gasteiger partial charge in [-0.2, -0.15) is 8.78 Å². The molecule has 0 saturated heterocycles. The molecule has 1 aromatic carbocycles. The molecule has 2 N–H and O–H groups in total. The third-order valence-electron chi connectivity index (χ3n) is 2.71. The monoisotopic (exact) mass is 289 g/mol. The Bertz CT molecular complexity index is 611. The zero-order chi connectivity index (χ0) is 14.9. The Morgan fingerprint density at radius 2 is 2.05 bits per heavy atom. The number of hydrogen-bond acceptors (Lipinski definition) is 4. The third kappa shape index (κ3) is 2.70. The van der Waals surface area contributed by atoms with Crippen molar-refractivity contribution in [1.29, 1.82) is 0 Å². The molecule has 0 aliphatic rings. The number of aryl methyl sites for hydroxylation is 1. The van der Waals surface area contributed by atoms with E-state index in [1.54, 1.807) is 19.1 Å². The Labute approximate surface area is 111 Å². The van der Waals surface area contributed by atoms with E-state index < -0.39 is 18.9 Å². The molecule has 1 aromatic heterocycles. The molecular formula is C11H11F4N5. The molecule has 9 heteroatoms. The lowest BCUT2D eigenvalue weighted by atomic mass is 10.1. The number of anilines is 1. The molecular weight excluding hydrogens is 278 g/mol. The summed E-state index contributed by atoms with van der Waals surface area (Å²) >= 11 is 0. The minimum atomic E-state index is -4.21. The van der Waals surface area contributed by atoms with Crippen molar-refractivity contribution in [2.45, 2.75) is 25.8 Å². The highest BCUT2D eigenvalue weighted by Crippen LogP contribution is 2.28. The van der Waals surface area contributed by atoms with Crippen LogP contribution < -0.4 is 5.73 Å². The Kier molecular flexibility index (Phi) is 3.60. The van der Waals surface area contributed by atoms with E-state index in [4.69, 9.17) is 5.73 Å². The standard InChI is InChI=1S/C11H11F4N5/c1-6-2-3-7(16)4-8(6)9-17-18-19-20(9)5-11(14,15)10(12)13/h2-4,10H,5,16H2,1H3. The summed E-state index contributed by atoms with van der Waals surface area (Å²) in [6.45, 7) is 0.403. The number of alkyl halides is 4. The first-order valence-corrected chi connectivity index (χ1v) is 5.60. The minimum absolute atomic E-state index is 0.0323. The number of hydrogen-bond donors (Lipinski definition) is 1. The second kappa shape index (κ2) is 5.06. The second-order valence-electron chi connectivity index (χ2n) is 4.30. The fourth-order valence-corrected chi connectivity index (χ4v) is 1.65. The van der Waals surface area contributed by atoms with Crippen molar-refractivity contribution >= 4 is 5.69 Å². The van der Waals surface area contributed by atoms with E-state index in [-0.39, 0.29) is 5.82 Å². The molecule has 20 heavy (non-hydrogen) atoms. The number of nitrogen functional groups attached to an aromatic ring is 1. The van der Waals surface area contributed by atoms with Crippen molar-refractivity contribution in [3.05, 3.63) is 23.8 Å². The first-order chi connectivity index (χ1) is 9.31. The van der Waals surface area contributed by atoms with Gasteiger partial charge < -0.3 is 5.73 Å². The van der Waals surface area contributed by atoms with Crippen molar-refractivity contribution in [3.63, 3.8) is 0 Å². The first kappa shape index (κ1) is 14.2. The Morgan fingerprint density at radius 1 is 1.35 bits per heavy atom. The van der Waals surface area contributed by atoms with E-state index in [9.17, 15) is 17.6 Å². The first-order valence-electron chi connectivity index (χ1n) is 5.60. The molecule has 0 fully saturated rings. The lowest BCUT2D eigenvalue weighted by Gasteiger charge is -2.15. The summed E-state index contributed by atoms with van der Waals surface area (Å²) in [4.78, 5) is 0. The predicted molar refractivity (Wildman–Crippen MR) is 63.4 cm³/mol. The van der Waals surface area contributed by atoms with Crippen molar-refractivity contribution in [2.75, 3.05) is 5.73 Å². The Balaban J connectivity index is 2.41. The predicted octanol–water partition coefficient (Wildman–Crippen LogP) is 2.13. The van der Waals surface area contributed by atoms with Crippen LogP contribution in [0.1, 0.15) is 5.56 Å². The highest BCUT2D eigenvalue weighted by atomic mass is 19.3. The Morgan fingerprint density at radius 3 is 2.70 bits per heavy atom. The average Bonchev–Trinajstić information content (AvgIpc) is 2.79. The fourth-order valence-electron chi connectivity index (χ4n) is 1.65. The van der Waals surface area contributed by atoms with Gasteiger partial charge in [0, 0.05) is 11.3 Å². The van der Waals surface area contributed by atoms with Gasteiger partial charge >= 0.3 is 12.3 Å². The van der Waals surface area contributed by atoms with Gasteiger partial charge in [-0.1, -0.05) is 6.07 Å². The summed E-state index contributed by atoms with van der Waals surface area (Å²) in [7, 11) is 0. The highest BCUT2D eigenvalue weighted by Gasteiger charge is 2.42. The average molecular weight is 289 g/mol. The summed E-state index contributed by atoms with van der Waals surface area (Å²) < 4.78 is 51.3. The molecule has 1 heterocycles. The number of nitrogens with zero attached hydrogens (tertiary/aromatic N) is 4. The van der Waals surface area contributed by atoms with Gasteiger partial charge in [0.25, 0.3) is 0 Å². The van der Waals surface area contributed by atoms with Crippen LogP contribution in [0, 0.1) is 6.92 Å². The summed E-state index contributed by atoms with van der Waals surface area (Å²) in [5, 5.41) is 10.2. The van der Waals surface area contributed by atoms with Gasteiger partial charge in [0.1, 0.15) is 6.54 Å². The van der Waals surface area contributed by atoms with E-state index in [1.807, 2.05) is 0 Å². The molecule has 0 atom stereocenters. The van der Waals surface area contributed by atoms with Crippen LogP contribution in [0.4, 0.5) is 23.2 Å². The quantitative estimate of drug-likeness (QED) is 0.691. The number of rotatable bonds is 4.